The average Bonchev–Trinajstić information content (AvgIpc) is 3.71. The van der Waals surface area contributed by atoms with Crippen LogP contribution in [0.5, 0.6) is 0 Å². The van der Waals surface area contributed by atoms with Crippen molar-refractivity contribution in [2.75, 3.05) is 0 Å². The summed E-state index contributed by atoms with van der Waals surface area (Å²) in [4.78, 5) is 9.16. The average molecular weight is 817 g/mol. The molecule has 7 aromatic rings. The van der Waals surface area contributed by atoms with Crippen LogP contribution in [-0.2, 0) is 20.1 Å². The molecule has 1 radical (unpaired) electrons. The van der Waals surface area contributed by atoms with Crippen LogP contribution in [0.4, 0.5) is 0 Å². The molecule has 4 aromatic carbocycles. The van der Waals surface area contributed by atoms with Crippen molar-refractivity contribution in [1.29, 1.82) is 0 Å². The maximum atomic E-state index is 8.40. The fraction of sp³-hybridized carbons (Fsp3) is 0.256. The molecular weight excluding hydrogens is 767 g/mol. The Morgan fingerprint density at radius 2 is 1.54 bits per heavy atom. The summed E-state index contributed by atoms with van der Waals surface area (Å²) < 4.78 is 60.3. The van der Waals surface area contributed by atoms with E-state index in [0.29, 0.717) is 23.1 Å². The standard InChI is InChI=1S/C30H31N2O.C13H12N.Ir/c1-18(2)21-14-15-24-25(17-33-28(24)16-21)30-31-26-12-7-8-13-27(26)32(30)29-22(19(3)4)10-9-11-23(29)20(5)6;1-10-3-6-12(7-4-10)13-8-5-11(2)9-14-13;/h7-16,18-20H,1-6H3;3-6,8-9H,1-2H3;/q2*-1;/i18D;1D3,2D3;. The van der Waals surface area contributed by atoms with Gasteiger partial charge in [-0.1, -0.05) is 120 Å². The summed E-state index contributed by atoms with van der Waals surface area (Å²) in [6.07, 6.45) is 4.46. The Morgan fingerprint density at radius 1 is 0.812 bits per heavy atom. The van der Waals surface area contributed by atoms with Gasteiger partial charge < -0.3 is 14.0 Å². The number of hydrogen-bond acceptors (Lipinski definition) is 3. The molecule has 0 saturated carbocycles. The number of rotatable bonds is 6. The molecule has 5 heteroatoms. The third-order valence-electron chi connectivity index (χ3n) is 8.29. The Bertz CT molecular complexity index is 2320. The van der Waals surface area contributed by atoms with E-state index < -0.39 is 19.6 Å². The van der Waals surface area contributed by atoms with Crippen molar-refractivity contribution >= 4 is 22.0 Å². The SMILES string of the molecule is [2H]C(C)(C)c1ccc2c(-c3nc4ccccc4n3-c3c(C(C)C)cccc3C(C)C)[c-]oc2c1.[2H]C([2H])([2H])c1c[c-]c(-c2ccc(C([2H])([2H])[2H])cn2)cc1.[Ir]. The van der Waals surface area contributed by atoms with Crippen molar-refractivity contribution in [1.82, 2.24) is 14.5 Å². The van der Waals surface area contributed by atoms with Gasteiger partial charge in [-0.25, -0.2) is 0 Å². The zero-order valence-corrected chi connectivity index (χ0v) is 30.4. The summed E-state index contributed by atoms with van der Waals surface area (Å²) in [5.74, 6) is 0.841. The Kier molecular flexibility index (Phi) is 8.23. The van der Waals surface area contributed by atoms with Gasteiger partial charge in [-0.05, 0) is 59.1 Å². The summed E-state index contributed by atoms with van der Waals surface area (Å²) in [6, 6.07) is 31.4. The molecule has 0 aliphatic rings. The summed E-state index contributed by atoms with van der Waals surface area (Å²) in [6.45, 7) is 8.40. The van der Waals surface area contributed by atoms with E-state index >= 15 is 0 Å². The zero-order valence-electron chi connectivity index (χ0n) is 35.0. The molecule has 0 spiro atoms. The predicted octanol–water partition coefficient (Wildman–Crippen LogP) is 11.8. The number of para-hydroxylation sites is 3. The van der Waals surface area contributed by atoms with Crippen LogP contribution in [0.15, 0.2) is 102 Å². The minimum atomic E-state index is -2.18. The molecule has 0 atom stereocenters. The number of nitrogens with zero attached hydrogens (tertiary/aromatic N) is 3. The Hall–Kier alpha value is -4.31. The molecule has 247 valence electrons. The second-order valence-corrected chi connectivity index (χ2v) is 12.6. The Labute approximate surface area is 308 Å². The molecule has 0 unspecified atom stereocenters. The van der Waals surface area contributed by atoms with Crippen molar-refractivity contribution in [3.63, 3.8) is 0 Å². The third kappa shape index (κ3) is 7.09. The van der Waals surface area contributed by atoms with E-state index in [2.05, 4.69) is 86.0 Å². The van der Waals surface area contributed by atoms with E-state index in [9.17, 15) is 0 Å². The molecule has 0 saturated heterocycles. The number of fused-ring (bicyclic) bond motifs is 2. The maximum Gasteiger partial charge on any atom is 0.0774 e. The van der Waals surface area contributed by atoms with E-state index in [1.807, 2.05) is 38.1 Å². The summed E-state index contributed by atoms with van der Waals surface area (Å²) in [7, 11) is 0. The number of benzene rings is 4. The molecular formula is C43H43IrN3O-2. The second kappa shape index (κ2) is 14.8. The Balaban J connectivity index is 0.000000237. The molecule has 0 aliphatic heterocycles. The largest absolute Gasteiger partial charge is 0.557 e. The first-order valence-electron chi connectivity index (χ1n) is 19.4. The van der Waals surface area contributed by atoms with Crippen molar-refractivity contribution < 1.29 is 34.1 Å². The van der Waals surface area contributed by atoms with Crippen LogP contribution in [0.2, 0.25) is 0 Å². The summed E-state index contributed by atoms with van der Waals surface area (Å²) >= 11 is 0. The zero-order chi connectivity index (χ0) is 39.2. The smallest absolute Gasteiger partial charge is 0.0774 e. The topological polar surface area (TPSA) is 43.9 Å². The van der Waals surface area contributed by atoms with E-state index in [1.54, 1.807) is 12.1 Å². The number of aromatic nitrogens is 3. The predicted molar refractivity (Wildman–Crippen MR) is 195 cm³/mol. The third-order valence-corrected chi connectivity index (χ3v) is 8.29. The van der Waals surface area contributed by atoms with Crippen LogP contribution in [0.25, 0.3) is 50.3 Å². The first-order valence-corrected chi connectivity index (χ1v) is 15.9. The number of aryl methyl sites for hydroxylation is 2. The maximum absolute atomic E-state index is 8.40. The first-order chi connectivity index (χ1) is 25.3. The fourth-order valence-corrected chi connectivity index (χ4v) is 5.78. The summed E-state index contributed by atoms with van der Waals surface area (Å²) in [5.41, 5.74) is 9.82. The second-order valence-electron chi connectivity index (χ2n) is 12.6. The van der Waals surface area contributed by atoms with Gasteiger partial charge in [-0.3, -0.25) is 4.98 Å². The quantitative estimate of drug-likeness (QED) is 0.157. The van der Waals surface area contributed by atoms with E-state index in [4.69, 9.17) is 19.0 Å². The van der Waals surface area contributed by atoms with Gasteiger partial charge in [0.1, 0.15) is 0 Å². The molecule has 0 aliphatic carbocycles. The van der Waals surface area contributed by atoms with Crippen LogP contribution in [0.1, 0.15) is 96.7 Å². The van der Waals surface area contributed by atoms with Crippen molar-refractivity contribution in [3.05, 3.63) is 137 Å². The number of hydrogen-bond donors (Lipinski definition) is 0. The first kappa shape index (κ1) is 26.6. The molecule has 3 heterocycles. The van der Waals surface area contributed by atoms with Crippen molar-refractivity contribution in [3.8, 4) is 28.3 Å². The van der Waals surface area contributed by atoms with Gasteiger partial charge in [-0.15, -0.1) is 41.5 Å². The van der Waals surface area contributed by atoms with Gasteiger partial charge in [0.25, 0.3) is 0 Å². The van der Waals surface area contributed by atoms with Crippen LogP contribution in [-0.4, -0.2) is 14.5 Å². The Morgan fingerprint density at radius 3 is 2.17 bits per heavy atom. The van der Waals surface area contributed by atoms with Gasteiger partial charge in [0.15, 0.2) is 0 Å². The van der Waals surface area contributed by atoms with Gasteiger partial charge in [0, 0.05) is 53.4 Å². The van der Waals surface area contributed by atoms with Gasteiger partial charge in [0.2, 0.25) is 0 Å². The molecule has 3 aromatic heterocycles. The molecule has 7 rings (SSSR count). The van der Waals surface area contributed by atoms with Gasteiger partial charge >= 0.3 is 0 Å². The monoisotopic (exact) mass is 817 g/mol. The molecule has 0 bridgehead atoms. The minimum Gasteiger partial charge on any atom is -0.557 e. The van der Waals surface area contributed by atoms with Crippen molar-refractivity contribution in [2.24, 2.45) is 0 Å². The molecule has 4 nitrogen and oxygen atoms in total. The number of pyridine rings is 1. The van der Waals surface area contributed by atoms with Crippen LogP contribution in [0.3, 0.4) is 0 Å². The number of imidazole rings is 1. The summed E-state index contributed by atoms with van der Waals surface area (Å²) in [5, 5.41) is 0.956. The van der Waals surface area contributed by atoms with Crippen LogP contribution >= 0.6 is 0 Å². The molecule has 0 fully saturated rings. The van der Waals surface area contributed by atoms with Gasteiger partial charge in [0.05, 0.1) is 16.9 Å². The normalized spacial score (nSPS) is 14.2. The van der Waals surface area contributed by atoms with Crippen LogP contribution < -0.4 is 0 Å². The number of furan rings is 1. The molecule has 0 amide bonds. The van der Waals surface area contributed by atoms with E-state index in [0.717, 1.165) is 39.0 Å². The molecule has 48 heavy (non-hydrogen) atoms. The minimum absolute atomic E-state index is 0. The fourth-order valence-electron chi connectivity index (χ4n) is 5.78. The van der Waals surface area contributed by atoms with Crippen LogP contribution in [0, 0.1) is 26.0 Å². The van der Waals surface area contributed by atoms with E-state index in [-0.39, 0.29) is 31.2 Å². The van der Waals surface area contributed by atoms with Gasteiger partial charge in [-0.2, -0.15) is 0 Å². The van der Waals surface area contributed by atoms with Crippen molar-refractivity contribution in [2.45, 2.75) is 73.0 Å². The molecule has 0 N–H and O–H groups in total. The van der Waals surface area contributed by atoms with E-state index in [1.165, 1.54) is 41.2 Å².